The largest absolute Gasteiger partial charge is 0.481 e. The van der Waals surface area contributed by atoms with Crippen molar-refractivity contribution in [2.24, 2.45) is 5.41 Å². The maximum atomic E-state index is 13.2. The Morgan fingerprint density at radius 3 is 2.81 bits per heavy atom. The van der Waals surface area contributed by atoms with E-state index in [1.165, 1.54) is 6.07 Å². The van der Waals surface area contributed by atoms with Crippen molar-refractivity contribution >= 4 is 21.9 Å². The Morgan fingerprint density at radius 2 is 2.19 bits per heavy atom. The molecule has 112 valence electrons. The number of carbonyl (C=O) groups is 1. The molecule has 0 amide bonds. The van der Waals surface area contributed by atoms with Crippen LogP contribution in [0.15, 0.2) is 27.2 Å². The van der Waals surface area contributed by atoms with Gasteiger partial charge < -0.3 is 9.63 Å². The molecule has 7 heteroatoms. The topological polar surface area (TPSA) is 76.2 Å². The molecule has 0 unspecified atom stereocenters. The Bertz CT molecular complexity index is 670. The Balaban J connectivity index is 2.18. The van der Waals surface area contributed by atoms with E-state index >= 15 is 0 Å². The van der Waals surface area contributed by atoms with Crippen molar-refractivity contribution in [3.63, 3.8) is 0 Å². The monoisotopic (exact) mass is 356 g/mol. The van der Waals surface area contributed by atoms with Crippen molar-refractivity contribution in [1.82, 2.24) is 10.1 Å². The molecule has 1 aromatic heterocycles. The fourth-order valence-corrected chi connectivity index (χ4v) is 2.34. The molecule has 1 N–H and O–H groups in total. The van der Waals surface area contributed by atoms with Gasteiger partial charge in [-0.2, -0.15) is 4.98 Å². The minimum absolute atomic E-state index is 0.00676. The molecular formula is C14H14BrFN2O3. The highest BCUT2D eigenvalue weighted by Gasteiger charge is 2.25. The van der Waals surface area contributed by atoms with Crippen molar-refractivity contribution in [2.45, 2.75) is 26.7 Å². The number of carboxylic acids is 1. The second-order valence-electron chi connectivity index (χ2n) is 5.55. The summed E-state index contributed by atoms with van der Waals surface area (Å²) >= 11 is 3.10. The lowest BCUT2D eigenvalue weighted by Crippen LogP contribution is -2.19. The third kappa shape index (κ3) is 4.10. The van der Waals surface area contributed by atoms with E-state index in [0.717, 1.165) is 0 Å². The molecule has 0 bridgehead atoms. The number of aliphatic carboxylic acids is 1. The average Bonchev–Trinajstić information content (AvgIpc) is 2.78. The van der Waals surface area contributed by atoms with Crippen molar-refractivity contribution < 1.29 is 18.8 Å². The summed E-state index contributed by atoms with van der Waals surface area (Å²) in [5.41, 5.74) is 0.133. The zero-order valence-corrected chi connectivity index (χ0v) is 13.1. The van der Waals surface area contributed by atoms with E-state index in [9.17, 15) is 9.18 Å². The van der Waals surface area contributed by atoms with Gasteiger partial charge in [0.25, 0.3) is 0 Å². The molecule has 0 aliphatic heterocycles. The van der Waals surface area contributed by atoms with Crippen LogP contribution in [-0.4, -0.2) is 21.2 Å². The highest BCUT2D eigenvalue weighted by Crippen LogP contribution is 2.27. The molecule has 21 heavy (non-hydrogen) atoms. The van der Waals surface area contributed by atoms with Crippen molar-refractivity contribution in [1.29, 1.82) is 0 Å². The first-order valence-corrected chi connectivity index (χ1v) is 7.06. The molecular weight excluding hydrogens is 343 g/mol. The van der Waals surface area contributed by atoms with Crippen LogP contribution < -0.4 is 0 Å². The minimum Gasteiger partial charge on any atom is -0.481 e. The van der Waals surface area contributed by atoms with E-state index in [1.54, 1.807) is 12.1 Å². The van der Waals surface area contributed by atoms with Gasteiger partial charge in [-0.05, 0) is 39.5 Å². The molecule has 0 spiro atoms. The van der Waals surface area contributed by atoms with Gasteiger partial charge in [-0.3, -0.25) is 4.79 Å². The lowest BCUT2D eigenvalue weighted by molar-refractivity contribution is -0.139. The van der Waals surface area contributed by atoms with Crippen LogP contribution in [0, 0.1) is 11.2 Å². The molecule has 0 aliphatic rings. The number of benzene rings is 1. The number of hydrogen-bond donors (Lipinski definition) is 1. The van der Waals surface area contributed by atoms with Gasteiger partial charge in [-0.25, -0.2) is 4.39 Å². The second kappa shape index (κ2) is 5.93. The van der Waals surface area contributed by atoms with Crippen LogP contribution in [-0.2, 0) is 11.2 Å². The quantitative estimate of drug-likeness (QED) is 0.883. The van der Waals surface area contributed by atoms with Gasteiger partial charge in [0, 0.05) is 12.0 Å². The van der Waals surface area contributed by atoms with Crippen LogP contribution in [0.2, 0.25) is 0 Å². The first-order chi connectivity index (χ1) is 9.77. The summed E-state index contributed by atoms with van der Waals surface area (Å²) < 4.78 is 18.7. The van der Waals surface area contributed by atoms with Gasteiger partial charge in [0.2, 0.25) is 11.7 Å². The third-order valence-electron chi connectivity index (χ3n) is 2.91. The summed E-state index contributed by atoms with van der Waals surface area (Å²) in [6.07, 6.45) is 0.363. The lowest BCUT2D eigenvalue weighted by atomic mass is 9.86. The van der Waals surface area contributed by atoms with E-state index < -0.39 is 11.4 Å². The second-order valence-corrected chi connectivity index (χ2v) is 6.41. The zero-order chi connectivity index (χ0) is 15.6. The predicted molar refractivity (Wildman–Crippen MR) is 77.1 cm³/mol. The summed E-state index contributed by atoms with van der Waals surface area (Å²) in [6, 6.07) is 4.42. The fourth-order valence-electron chi connectivity index (χ4n) is 1.96. The number of carboxylic acid groups (broad SMARTS) is 1. The summed E-state index contributed by atoms with van der Waals surface area (Å²) in [4.78, 5) is 15.0. The van der Waals surface area contributed by atoms with Crippen LogP contribution in [0.4, 0.5) is 4.39 Å². The normalized spacial score (nSPS) is 11.6. The molecule has 0 radical (unpaired) electrons. The summed E-state index contributed by atoms with van der Waals surface area (Å²) in [5, 5.41) is 12.7. The molecule has 1 heterocycles. The first-order valence-electron chi connectivity index (χ1n) is 6.27. The van der Waals surface area contributed by atoms with Gasteiger partial charge >= 0.3 is 5.97 Å². The first kappa shape index (κ1) is 15.6. The van der Waals surface area contributed by atoms with E-state index in [-0.39, 0.29) is 12.2 Å². The van der Waals surface area contributed by atoms with Crippen molar-refractivity contribution in [3.05, 3.63) is 34.4 Å². The van der Waals surface area contributed by atoms with Crippen LogP contribution >= 0.6 is 15.9 Å². The third-order valence-corrected chi connectivity index (χ3v) is 3.51. The molecule has 0 atom stereocenters. The Morgan fingerprint density at radius 1 is 1.48 bits per heavy atom. The Hall–Kier alpha value is -1.76. The molecule has 5 nitrogen and oxygen atoms in total. The maximum Gasteiger partial charge on any atom is 0.303 e. The van der Waals surface area contributed by atoms with E-state index in [4.69, 9.17) is 9.63 Å². The fraction of sp³-hybridized carbons (Fsp3) is 0.357. The highest BCUT2D eigenvalue weighted by atomic mass is 79.9. The number of hydrogen-bond acceptors (Lipinski definition) is 4. The zero-order valence-electron chi connectivity index (χ0n) is 11.6. The van der Waals surface area contributed by atoms with Gasteiger partial charge in [0.05, 0.1) is 10.9 Å². The summed E-state index contributed by atoms with van der Waals surface area (Å²) in [5.74, 6) is -0.541. The van der Waals surface area contributed by atoms with Gasteiger partial charge in [0.1, 0.15) is 5.82 Å². The van der Waals surface area contributed by atoms with Crippen molar-refractivity contribution in [2.75, 3.05) is 0 Å². The minimum atomic E-state index is -0.873. The maximum absolute atomic E-state index is 13.2. The van der Waals surface area contributed by atoms with Crippen LogP contribution in [0.1, 0.15) is 26.2 Å². The Labute approximate surface area is 129 Å². The molecule has 0 saturated carbocycles. The number of halogens is 2. The average molecular weight is 357 g/mol. The molecule has 2 rings (SSSR count). The molecule has 0 saturated heterocycles. The van der Waals surface area contributed by atoms with E-state index in [2.05, 4.69) is 26.1 Å². The van der Waals surface area contributed by atoms with Crippen LogP contribution in [0.25, 0.3) is 11.4 Å². The van der Waals surface area contributed by atoms with Crippen LogP contribution in [0.3, 0.4) is 0 Å². The van der Waals surface area contributed by atoms with Gasteiger partial charge in [-0.1, -0.05) is 19.0 Å². The standard InChI is InChI=1S/C14H14BrFN2O3/c1-14(2,7-12(19)20)6-11-17-13(18-21-11)8-3-4-10(16)9(15)5-8/h3-5H,6-7H2,1-2H3,(H,19,20). The van der Waals surface area contributed by atoms with E-state index in [0.29, 0.717) is 28.2 Å². The molecule has 1 aromatic carbocycles. The van der Waals surface area contributed by atoms with Gasteiger partial charge in [0.15, 0.2) is 0 Å². The number of rotatable bonds is 5. The van der Waals surface area contributed by atoms with Crippen LogP contribution in [0.5, 0.6) is 0 Å². The lowest BCUT2D eigenvalue weighted by Gasteiger charge is -2.19. The molecule has 0 aliphatic carbocycles. The summed E-state index contributed by atoms with van der Waals surface area (Å²) in [7, 11) is 0. The SMILES string of the molecule is CC(C)(CC(=O)O)Cc1nc(-c2ccc(F)c(Br)c2)no1. The Kier molecular flexibility index (Phi) is 4.41. The predicted octanol–water partition coefficient (Wildman–Crippen LogP) is 3.68. The highest BCUT2D eigenvalue weighted by molar-refractivity contribution is 9.10. The summed E-state index contributed by atoms with van der Waals surface area (Å²) in [6.45, 7) is 3.64. The van der Waals surface area contributed by atoms with E-state index in [1.807, 2.05) is 13.8 Å². The smallest absolute Gasteiger partial charge is 0.303 e. The molecule has 0 fully saturated rings. The van der Waals surface area contributed by atoms with Crippen molar-refractivity contribution in [3.8, 4) is 11.4 Å². The van der Waals surface area contributed by atoms with Gasteiger partial charge in [-0.15, -0.1) is 0 Å². The molecule has 2 aromatic rings. The number of aromatic nitrogens is 2. The number of nitrogens with zero attached hydrogens (tertiary/aromatic N) is 2.